The number of rotatable bonds is 8. The van der Waals surface area contributed by atoms with Crippen molar-refractivity contribution < 1.29 is 19.1 Å². The number of nitrogens with zero attached hydrogens (tertiary/aromatic N) is 1. The lowest BCUT2D eigenvalue weighted by atomic mass is 9.95. The number of thioether (sulfide) groups is 1. The van der Waals surface area contributed by atoms with Crippen molar-refractivity contribution in [3.63, 3.8) is 0 Å². The fourth-order valence-corrected chi connectivity index (χ4v) is 6.41. The zero-order chi connectivity index (χ0) is 25.3. The second kappa shape index (κ2) is 9.93. The predicted molar refractivity (Wildman–Crippen MR) is 137 cm³/mol. The number of amides is 3. The highest BCUT2D eigenvalue weighted by atomic mass is 32.2. The molecule has 35 heavy (non-hydrogen) atoms. The monoisotopic (exact) mass is 495 g/mol. The van der Waals surface area contributed by atoms with E-state index in [4.69, 9.17) is 4.74 Å². The van der Waals surface area contributed by atoms with Crippen molar-refractivity contribution in [3.8, 4) is 5.75 Å². The summed E-state index contributed by atoms with van der Waals surface area (Å²) in [6.45, 7) is 8.23. The molecule has 4 atom stereocenters. The fourth-order valence-electron chi connectivity index (χ4n) is 4.82. The third-order valence-electron chi connectivity index (χ3n) is 6.94. The smallest absolute Gasteiger partial charge is 0.256 e. The third-order valence-corrected chi connectivity index (χ3v) is 8.47. The number of hydrogen-bond acceptors (Lipinski definition) is 5. The molecular formula is C27H33N3O4S. The number of fused-ring (bicyclic) bond motifs is 3. The second-order valence-electron chi connectivity index (χ2n) is 9.72. The van der Waals surface area contributed by atoms with Crippen molar-refractivity contribution in [1.82, 2.24) is 15.5 Å². The summed E-state index contributed by atoms with van der Waals surface area (Å²) in [6.07, 6.45) is 0.719. The van der Waals surface area contributed by atoms with E-state index in [0.717, 1.165) is 23.3 Å². The number of carbonyl (C=O) groups excluding carboxylic acids is 3. The van der Waals surface area contributed by atoms with Crippen molar-refractivity contribution in [2.24, 2.45) is 5.92 Å². The van der Waals surface area contributed by atoms with E-state index in [0.29, 0.717) is 12.1 Å². The maximum Gasteiger partial charge on any atom is 0.256 e. The lowest BCUT2D eigenvalue weighted by molar-refractivity contribution is -0.133. The first-order valence-corrected chi connectivity index (χ1v) is 12.9. The van der Waals surface area contributed by atoms with Crippen molar-refractivity contribution >= 4 is 29.5 Å². The molecule has 1 fully saturated rings. The van der Waals surface area contributed by atoms with E-state index in [1.165, 1.54) is 0 Å². The van der Waals surface area contributed by atoms with E-state index in [1.807, 2.05) is 76.2 Å². The minimum absolute atomic E-state index is 0.0799. The lowest BCUT2D eigenvalue weighted by Gasteiger charge is -2.32. The van der Waals surface area contributed by atoms with E-state index in [9.17, 15) is 14.4 Å². The maximum atomic E-state index is 13.7. The van der Waals surface area contributed by atoms with Crippen LogP contribution in [-0.2, 0) is 16.1 Å². The summed E-state index contributed by atoms with van der Waals surface area (Å²) in [7, 11) is 1.60. The van der Waals surface area contributed by atoms with Gasteiger partial charge in [-0.15, -0.1) is 11.8 Å². The fraction of sp³-hybridized carbons (Fsp3) is 0.444. The summed E-state index contributed by atoms with van der Waals surface area (Å²) in [4.78, 5) is 41.8. The Bertz CT molecular complexity index is 1130. The standard InChI is InChI=1S/C27H33N3O4S/c1-6-16(2)21(23(31)28-15-17-10-9-11-18(14-17)34-5)29-24(32)22-27(3,4)35-26-20-13-8-7-12-19(20)25(33)30(22)26/h7-14,16,21-22,26H,6,15H2,1-5H3,(H,28,31)(H,29,32)/t16-,21+,22+,26+/m1/s1. The zero-order valence-corrected chi connectivity index (χ0v) is 21.6. The highest BCUT2D eigenvalue weighted by Gasteiger charge is 2.57. The molecule has 2 N–H and O–H groups in total. The molecule has 0 bridgehead atoms. The highest BCUT2D eigenvalue weighted by Crippen LogP contribution is 2.56. The normalized spacial score (nSPS) is 21.6. The van der Waals surface area contributed by atoms with Gasteiger partial charge in [0.05, 0.1) is 7.11 Å². The average Bonchev–Trinajstić information content (AvgIpc) is 3.29. The lowest BCUT2D eigenvalue weighted by Crippen LogP contribution is -2.58. The minimum atomic E-state index is -0.710. The molecule has 0 saturated carbocycles. The Hall–Kier alpha value is -3.00. The number of nitrogens with one attached hydrogen (secondary N) is 2. The van der Waals surface area contributed by atoms with Crippen LogP contribution in [0.1, 0.15) is 61.0 Å². The second-order valence-corrected chi connectivity index (χ2v) is 11.5. The number of hydrogen-bond donors (Lipinski definition) is 2. The molecule has 0 spiro atoms. The van der Waals surface area contributed by atoms with Crippen LogP contribution >= 0.6 is 11.8 Å². The van der Waals surface area contributed by atoms with Crippen molar-refractivity contribution in [2.75, 3.05) is 7.11 Å². The Morgan fingerprint density at radius 1 is 1.17 bits per heavy atom. The van der Waals surface area contributed by atoms with Crippen LogP contribution in [0.2, 0.25) is 0 Å². The van der Waals surface area contributed by atoms with Crippen molar-refractivity contribution in [1.29, 1.82) is 0 Å². The van der Waals surface area contributed by atoms with Gasteiger partial charge in [-0.3, -0.25) is 14.4 Å². The molecule has 2 aliphatic rings. The summed E-state index contributed by atoms with van der Waals surface area (Å²) in [5.74, 6) is -0.0371. The molecule has 0 unspecified atom stereocenters. The largest absolute Gasteiger partial charge is 0.497 e. The summed E-state index contributed by atoms with van der Waals surface area (Å²) in [5, 5.41) is 5.76. The maximum absolute atomic E-state index is 13.7. The van der Waals surface area contributed by atoms with Crippen LogP contribution in [0, 0.1) is 5.92 Å². The third kappa shape index (κ3) is 4.76. The van der Waals surface area contributed by atoms with Crippen LogP contribution in [0.15, 0.2) is 48.5 Å². The van der Waals surface area contributed by atoms with Gasteiger partial charge in [-0.05, 0) is 49.1 Å². The molecule has 7 nitrogen and oxygen atoms in total. The molecule has 2 aromatic carbocycles. The van der Waals surface area contributed by atoms with Crippen LogP contribution in [0.5, 0.6) is 5.75 Å². The van der Waals surface area contributed by atoms with Gasteiger partial charge < -0.3 is 20.3 Å². The van der Waals surface area contributed by atoms with E-state index in [1.54, 1.807) is 23.8 Å². The van der Waals surface area contributed by atoms with Crippen molar-refractivity contribution in [2.45, 2.75) is 62.9 Å². The summed E-state index contributed by atoms with van der Waals surface area (Å²) in [6, 6.07) is 13.6. The first kappa shape index (κ1) is 25.1. The Balaban J connectivity index is 1.51. The molecular weight excluding hydrogens is 462 g/mol. The Morgan fingerprint density at radius 3 is 2.63 bits per heavy atom. The summed E-state index contributed by atoms with van der Waals surface area (Å²) < 4.78 is 4.75. The topological polar surface area (TPSA) is 87.7 Å². The van der Waals surface area contributed by atoms with Gasteiger partial charge >= 0.3 is 0 Å². The molecule has 186 valence electrons. The van der Waals surface area contributed by atoms with Crippen LogP contribution in [0.25, 0.3) is 0 Å². The first-order valence-electron chi connectivity index (χ1n) is 12.0. The quantitative estimate of drug-likeness (QED) is 0.580. The first-order chi connectivity index (χ1) is 16.7. The Morgan fingerprint density at radius 2 is 1.91 bits per heavy atom. The zero-order valence-electron chi connectivity index (χ0n) is 20.8. The molecule has 0 aromatic heterocycles. The van der Waals surface area contributed by atoms with Crippen LogP contribution in [-0.4, -0.2) is 46.6 Å². The van der Waals surface area contributed by atoms with Crippen LogP contribution in [0.4, 0.5) is 0 Å². The molecule has 4 rings (SSSR count). The molecule has 3 amide bonds. The number of methoxy groups -OCH3 is 1. The van der Waals surface area contributed by atoms with Gasteiger partial charge in [-0.1, -0.05) is 50.6 Å². The SMILES string of the molecule is CC[C@@H](C)[C@H](NC(=O)[C@@H]1N2C(=O)c3ccccc3[C@@H]2SC1(C)C)C(=O)NCc1cccc(OC)c1. The van der Waals surface area contributed by atoms with Gasteiger partial charge in [0.25, 0.3) is 5.91 Å². The number of carbonyl (C=O) groups is 3. The predicted octanol–water partition coefficient (Wildman–Crippen LogP) is 3.89. The average molecular weight is 496 g/mol. The van der Waals surface area contributed by atoms with Gasteiger partial charge in [0.15, 0.2) is 0 Å². The molecule has 2 aliphatic heterocycles. The number of ether oxygens (including phenoxy) is 1. The van der Waals surface area contributed by atoms with E-state index < -0.39 is 16.8 Å². The van der Waals surface area contributed by atoms with Gasteiger partial charge in [-0.25, -0.2) is 0 Å². The van der Waals surface area contributed by atoms with Gasteiger partial charge in [0, 0.05) is 16.9 Å². The summed E-state index contributed by atoms with van der Waals surface area (Å²) in [5.41, 5.74) is 2.50. The van der Waals surface area contributed by atoms with Gasteiger partial charge in [0.2, 0.25) is 11.8 Å². The van der Waals surface area contributed by atoms with E-state index >= 15 is 0 Å². The highest BCUT2D eigenvalue weighted by molar-refractivity contribution is 8.01. The Kier molecular flexibility index (Phi) is 7.12. The van der Waals surface area contributed by atoms with Crippen molar-refractivity contribution in [3.05, 3.63) is 65.2 Å². The van der Waals surface area contributed by atoms with E-state index in [-0.39, 0.29) is 29.0 Å². The molecule has 8 heteroatoms. The van der Waals surface area contributed by atoms with Crippen LogP contribution in [0.3, 0.4) is 0 Å². The molecule has 0 aliphatic carbocycles. The molecule has 2 aromatic rings. The van der Waals surface area contributed by atoms with E-state index in [2.05, 4.69) is 10.6 Å². The van der Waals surface area contributed by atoms with Gasteiger partial charge in [-0.2, -0.15) is 0 Å². The summed E-state index contributed by atoms with van der Waals surface area (Å²) >= 11 is 1.61. The molecule has 2 heterocycles. The number of benzene rings is 2. The van der Waals surface area contributed by atoms with Crippen LogP contribution < -0.4 is 15.4 Å². The molecule has 0 radical (unpaired) electrons. The minimum Gasteiger partial charge on any atom is -0.497 e. The van der Waals surface area contributed by atoms with Gasteiger partial charge in [0.1, 0.15) is 23.2 Å². The Labute approximate surface area is 211 Å². The molecule has 1 saturated heterocycles.